The largest absolute Gasteiger partial charge is 0.493 e. The fourth-order valence-electron chi connectivity index (χ4n) is 2.24. The maximum atomic E-state index is 5.81. The Morgan fingerprint density at radius 1 is 1.38 bits per heavy atom. The Morgan fingerprint density at radius 2 is 2.19 bits per heavy atom. The third kappa shape index (κ3) is 2.07. The van der Waals surface area contributed by atoms with Crippen LogP contribution in [0.5, 0.6) is 5.75 Å². The van der Waals surface area contributed by atoms with Crippen LogP contribution in [0.25, 0.3) is 0 Å². The molecule has 0 fully saturated rings. The highest BCUT2D eigenvalue weighted by molar-refractivity contribution is 5.47. The highest BCUT2D eigenvalue weighted by atomic mass is 16.5. The first kappa shape index (κ1) is 11.5. The van der Waals surface area contributed by atoms with Gasteiger partial charge in [0, 0.05) is 18.0 Å². The van der Waals surface area contributed by atoms with Crippen molar-refractivity contribution in [3.8, 4) is 5.75 Å². The van der Waals surface area contributed by atoms with Gasteiger partial charge in [-0.2, -0.15) is 0 Å². The van der Waals surface area contributed by atoms with Crippen molar-refractivity contribution in [1.82, 2.24) is 5.32 Å². The molecule has 1 unspecified atom stereocenters. The Morgan fingerprint density at radius 3 is 2.94 bits per heavy atom. The van der Waals surface area contributed by atoms with E-state index in [0.717, 1.165) is 25.3 Å². The van der Waals surface area contributed by atoms with Gasteiger partial charge in [-0.1, -0.05) is 19.1 Å². The quantitative estimate of drug-likeness (QED) is 0.843. The van der Waals surface area contributed by atoms with Crippen LogP contribution in [0, 0.1) is 13.8 Å². The lowest BCUT2D eigenvalue weighted by Crippen LogP contribution is -2.28. The molecule has 0 saturated heterocycles. The molecule has 0 aromatic heterocycles. The second-order valence-corrected chi connectivity index (χ2v) is 4.57. The summed E-state index contributed by atoms with van der Waals surface area (Å²) >= 11 is 0. The summed E-state index contributed by atoms with van der Waals surface area (Å²) in [4.78, 5) is 0. The Bertz CT molecular complexity index is 373. The van der Waals surface area contributed by atoms with Crippen molar-refractivity contribution in [1.29, 1.82) is 0 Å². The standard InChI is InChI=1S/C14H21NO/c1-4-8-15-13-7-9-16-14-11(3)10(2)5-6-12(13)14/h5-6,13,15H,4,7-9H2,1-3H3. The number of rotatable bonds is 3. The fraction of sp³-hybridized carbons (Fsp3) is 0.571. The molecule has 0 spiro atoms. The molecule has 2 heteroatoms. The predicted molar refractivity (Wildman–Crippen MR) is 67.1 cm³/mol. The van der Waals surface area contributed by atoms with E-state index in [1.165, 1.54) is 23.1 Å². The topological polar surface area (TPSA) is 21.3 Å². The molecule has 0 amide bonds. The van der Waals surface area contributed by atoms with Gasteiger partial charge in [-0.05, 0) is 37.9 Å². The van der Waals surface area contributed by atoms with Crippen molar-refractivity contribution in [2.24, 2.45) is 0 Å². The second kappa shape index (κ2) is 4.88. The molecule has 0 radical (unpaired) electrons. The van der Waals surface area contributed by atoms with Gasteiger partial charge >= 0.3 is 0 Å². The van der Waals surface area contributed by atoms with Crippen LogP contribution in [0.3, 0.4) is 0 Å². The van der Waals surface area contributed by atoms with Crippen LogP contribution in [0.15, 0.2) is 12.1 Å². The van der Waals surface area contributed by atoms with E-state index in [-0.39, 0.29) is 0 Å². The summed E-state index contributed by atoms with van der Waals surface area (Å²) in [7, 11) is 0. The summed E-state index contributed by atoms with van der Waals surface area (Å²) in [5, 5.41) is 3.59. The van der Waals surface area contributed by atoms with Gasteiger partial charge < -0.3 is 10.1 Å². The highest BCUT2D eigenvalue weighted by Crippen LogP contribution is 2.35. The summed E-state index contributed by atoms with van der Waals surface area (Å²) in [6, 6.07) is 4.89. The second-order valence-electron chi connectivity index (χ2n) is 4.57. The van der Waals surface area contributed by atoms with E-state index in [1.807, 2.05) is 0 Å². The molecule has 88 valence electrons. The Balaban J connectivity index is 2.28. The van der Waals surface area contributed by atoms with Crippen LogP contribution in [0.4, 0.5) is 0 Å². The lowest BCUT2D eigenvalue weighted by atomic mass is 9.95. The van der Waals surface area contributed by atoms with Crippen molar-refractivity contribution in [3.63, 3.8) is 0 Å². The molecular formula is C14H21NO. The SMILES string of the molecule is CCCNC1CCOc2c1ccc(C)c2C. The molecule has 16 heavy (non-hydrogen) atoms. The third-order valence-corrected chi connectivity index (χ3v) is 3.38. The van der Waals surface area contributed by atoms with Gasteiger partial charge in [0.05, 0.1) is 6.61 Å². The Labute approximate surface area is 98.0 Å². The van der Waals surface area contributed by atoms with E-state index in [4.69, 9.17) is 4.74 Å². The Hall–Kier alpha value is -1.02. The molecule has 2 nitrogen and oxygen atoms in total. The molecule has 1 aromatic carbocycles. The first-order chi connectivity index (χ1) is 7.74. The summed E-state index contributed by atoms with van der Waals surface area (Å²) in [6.45, 7) is 8.40. The Kier molecular flexibility index (Phi) is 3.49. The smallest absolute Gasteiger partial charge is 0.127 e. The highest BCUT2D eigenvalue weighted by Gasteiger charge is 2.22. The first-order valence-corrected chi connectivity index (χ1v) is 6.20. The molecule has 1 aliphatic heterocycles. The van der Waals surface area contributed by atoms with E-state index < -0.39 is 0 Å². The van der Waals surface area contributed by atoms with E-state index in [2.05, 4.69) is 38.2 Å². The molecule has 1 heterocycles. The van der Waals surface area contributed by atoms with Crippen molar-refractivity contribution >= 4 is 0 Å². The van der Waals surface area contributed by atoms with Gasteiger partial charge in [0.1, 0.15) is 5.75 Å². The maximum Gasteiger partial charge on any atom is 0.127 e. The van der Waals surface area contributed by atoms with Gasteiger partial charge in [-0.25, -0.2) is 0 Å². The molecule has 1 N–H and O–H groups in total. The fourth-order valence-corrected chi connectivity index (χ4v) is 2.24. The van der Waals surface area contributed by atoms with Crippen molar-refractivity contribution in [2.45, 2.75) is 39.7 Å². The minimum Gasteiger partial charge on any atom is -0.493 e. The number of hydrogen-bond acceptors (Lipinski definition) is 2. The molecule has 1 atom stereocenters. The summed E-state index contributed by atoms with van der Waals surface area (Å²) in [5.41, 5.74) is 3.94. The minimum atomic E-state index is 0.475. The van der Waals surface area contributed by atoms with Crippen molar-refractivity contribution in [2.75, 3.05) is 13.2 Å². The van der Waals surface area contributed by atoms with Crippen molar-refractivity contribution < 1.29 is 4.74 Å². The number of fused-ring (bicyclic) bond motifs is 1. The molecule has 1 aliphatic rings. The van der Waals surface area contributed by atoms with Crippen LogP contribution in [0.1, 0.15) is 42.5 Å². The molecule has 0 aliphatic carbocycles. The lowest BCUT2D eigenvalue weighted by molar-refractivity contribution is 0.251. The van der Waals surface area contributed by atoms with Crippen LogP contribution >= 0.6 is 0 Å². The van der Waals surface area contributed by atoms with Gasteiger partial charge in [0.2, 0.25) is 0 Å². The van der Waals surface area contributed by atoms with Crippen LogP contribution in [-0.2, 0) is 0 Å². The van der Waals surface area contributed by atoms with Gasteiger partial charge in [0.25, 0.3) is 0 Å². The van der Waals surface area contributed by atoms with Crippen LogP contribution < -0.4 is 10.1 Å². The number of hydrogen-bond donors (Lipinski definition) is 1. The van der Waals surface area contributed by atoms with Crippen molar-refractivity contribution in [3.05, 3.63) is 28.8 Å². The van der Waals surface area contributed by atoms with E-state index in [9.17, 15) is 0 Å². The number of nitrogens with one attached hydrogen (secondary N) is 1. The molecular weight excluding hydrogens is 198 g/mol. The van der Waals surface area contributed by atoms with Gasteiger partial charge in [-0.3, -0.25) is 0 Å². The zero-order valence-electron chi connectivity index (χ0n) is 10.5. The zero-order chi connectivity index (χ0) is 11.5. The summed E-state index contributed by atoms with van der Waals surface area (Å²) < 4.78 is 5.81. The number of ether oxygens (including phenoxy) is 1. The van der Waals surface area contributed by atoms with Gasteiger partial charge in [0.15, 0.2) is 0 Å². The zero-order valence-corrected chi connectivity index (χ0v) is 10.5. The minimum absolute atomic E-state index is 0.475. The van der Waals surface area contributed by atoms with E-state index >= 15 is 0 Å². The number of aryl methyl sites for hydroxylation is 1. The molecule has 2 rings (SSSR count). The average molecular weight is 219 g/mol. The van der Waals surface area contributed by atoms with Crippen LogP contribution in [-0.4, -0.2) is 13.2 Å². The van der Waals surface area contributed by atoms with E-state index in [0.29, 0.717) is 6.04 Å². The summed E-state index contributed by atoms with van der Waals surface area (Å²) in [6.07, 6.45) is 2.26. The summed E-state index contributed by atoms with van der Waals surface area (Å²) in [5.74, 6) is 1.11. The van der Waals surface area contributed by atoms with Gasteiger partial charge in [-0.15, -0.1) is 0 Å². The first-order valence-electron chi connectivity index (χ1n) is 6.20. The van der Waals surface area contributed by atoms with Crippen LogP contribution in [0.2, 0.25) is 0 Å². The predicted octanol–water partition coefficient (Wildman–Crippen LogP) is 3.13. The van der Waals surface area contributed by atoms with E-state index in [1.54, 1.807) is 0 Å². The monoisotopic (exact) mass is 219 g/mol. The normalized spacial score (nSPS) is 19.1. The lowest BCUT2D eigenvalue weighted by Gasteiger charge is -2.28. The molecule has 0 saturated carbocycles. The molecule has 0 bridgehead atoms. The number of benzene rings is 1. The molecule has 1 aromatic rings. The third-order valence-electron chi connectivity index (χ3n) is 3.38. The maximum absolute atomic E-state index is 5.81. The average Bonchev–Trinajstić information content (AvgIpc) is 2.31.